The quantitative estimate of drug-likeness (QED) is 0.862. The average molecular weight is 259 g/mol. The molecule has 2 N–H and O–H groups in total. The van der Waals surface area contributed by atoms with E-state index in [0.717, 1.165) is 11.4 Å². The van der Waals surface area contributed by atoms with Gasteiger partial charge in [0.1, 0.15) is 18.1 Å². The van der Waals surface area contributed by atoms with Gasteiger partial charge in [0.05, 0.1) is 6.04 Å². The number of rotatable bonds is 5. The SMILES string of the molecule is Cc1cc(C(=O)NC(C)COc2ccccc2)n[nH]1. The first kappa shape index (κ1) is 13.1. The van der Waals surface area contributed by atoms with Gasteiger partial charge in [0.15, 0.2) is 0 Å². The molecule has 0 spiro atoms. The van der Waals surface area contributed by atoms with Crippen LogP contribution in [0.3, 0.4) is 0 Å². The average Bonchev–Trinajstić information content (AvgIpc) is 2.84. The van der Waals surface area contributed by atoms with Crippen molar-refractivity contribution < 1.29 is 9.53 Å². The summed E-state index contributed by atoms with van der Waals surface area (Å²) in [6.07, 6.45) is 0. The molecule has 0 aliphatic carbocycles. The topological polar surface area (TPSA) is 67.0 Å². The molecule has 2 aromatic rings. The lowest BCUT2D eigenvalue weighted by Crippen LogP contribution is -2.37. The van der Waals surface area contributed by atoms with Crippen LogP contribution in [0.4, 0.5) is 0 Å². The smallest absolute Gasteiger partial charge is 0.272 e. The number of para-hydroxylation sites is 1. The Morgan fingerprint density at radius 2 is 2.16 bits per heavy atom. The second-order valence-corrected chi connectivity index (χ2v) is 4.43. The van der Waals surface area contributed by atoms with E-state index in [-0.39, 0.29) is 11.9 Å². The fourth-order valence-electron chi connectivity index (χ4n) is 1.61. The van der Waals surface area contributed by atoms with E-state index in [4.69, 9.17) is 4.74 Å². The number of aryl methyl sites for hydroxylation is 1. The first-order chi connectivity index (χ1) is 9.15. The maximum atomic E-state index is 11.8. The van der Waals surface area contributed by atoms with Crippen molar-refractivity contribution in [3.05, 3.63) is 47.8 Å². The normalized spacial score (nSPS) is 11.9. The molecule has 5 heteroatoms. The van der Waals surface area contributed by atoms with Crippen LogP contribution >= 0.6 is 0 Å². The Morgan fingerprint density at radius 1 is 1.42 bits per heavy atom. The van der Waals surface area contributed by atoms with Crippen LogP contribution in [0.2, 0.25) is 0 Å². The number of hydrogen-bond donors (Lipinski definition) is 2. The molecule has 0 saturated carbocycles. The molecule has 5 nitrogen and oxygen atoms in total. The van der Waals surface area contributed by atoms with Crippen LogP contribution in [0.5, 0.6) is 5.75 Å². The van der Waals surface area contributed by atoms with Crippen molar-refractivity contribution in [2.24, 2.45) is 0 Å². The third kappa shape index (κ3) is 3.84. The van der Waals surface area contributed by atoms with Crippen molar-refractivity contribution in [2.75, 3.05) is 6.61 Å². The fourth-order valence-corrected chi connectivity index (χ4v) is 1.61. The maximum Gasteiger partial charge on any atom is 0.272 e. The van der Waals surface area contributed by atoms with Gasteiger partial charge >= 0.3 is 0 Å². The Bertz CT molecular complexity index is 537. The number of benzene rings is 1. The highest BCUT2D eigenvalue weighted by Crippen LogP contribution is 2.08. The van der Waals surface area contributed by atoms with Crippen molar-refractivity contribution >= 4 is 5.91 Å². The number of amides is 1. The molecule has 0 bridgehead atoms. The van der Waals surface area contributed by atoms with Crippen LogP contribution < -0.4 is 10.1 Å². The monoisotopic (exact) mass is 259 g/mol. The second kappa shape index (κ2) is 6.04. The van der Waals surface area contributed by atoms with Crippen molar-refractivity contribution in [2.45, 2.75) is 19.9 Å². The Kier molecular flexibility index (Phi) is 4.18. The van der Waals surface area contributed by atoms with Crippen LogP contribution in [0.25, 0.3) is 0 Å². The first-order valence-corrected chi connectivity index (χ1v) is 6.16. The maximum absolute atomic E-state index is 11.8. The van der Waals surface area contributed by atoms with Crippen LogP contribution in [-0.4, -0.2) is 28.8 Å². The summed E-state index contributed by atoms with van der Waals surface area (Å²) in [6, 6.07) is 11.1. The zero-order valence-corrected chi connectivity index (χ0v) is 11.0. The third-order valence-corrected chi connectivity index (χ3v) is 2.56. The van der Waals surface area contributed by atoms with Crippen LogP contribution in [0, 0.1) is 6.92 Å². The molecule has 1 amide bonds. The summed E-state index contributed by atoms with van der Waals surface area (Å²) in [5, 5.41) is 9.48. The van der Waals surface area contributed by atoms with Gasteiger partial charge in [0, 0.05) is 5.69 Å². The molecule has 1 aromatic heterocycles. The molecular weight excluding hydrogens is 242 g/mol. The number of H-pyrrole nitrogens is 1. The molecule has 19 heavy (non-hydrogen) atoms. The van der Waals surface area contributed by atoms with E-state index < -0.39 is 0 Å². The van der Waals surface area contributed by atoms with E-state index >= 15 is 0 Å². The minimum absolute atomic E-state index is 0.0929. The predicted molar refractivity (Wildman–Crippen MR) is 72.2 cm³/mol. The van der Waals surface area contributed by atoms with Gasteiger partial charge in [-0.05, 0) is 32.0 Å². The van der Waals surface area contributed by atoms with Gasteiger partial charge in [-0.15, -0.1) is 0 Å². The molecule has 0 aliphatic heterocycles. The van der Waals surface area contributed by atoms with Crippen molar-refractivity contribution in [1.29, 1.82) is 0 Å². The molecule has 0 aliphatic rings. The summed E-state index contributed by atoms with van der Waals surface area (Å²) in [5.74, 6) is 0.590. The first-order valence-electron chi connectivity index (χ1n) is 6.16. The van der Waals surface area contributed by atoms with Crippen molar-refractivity contribution in [1.82, 2.24) is 15.5 Å². The highest BCUT2D eigenvalue weighted by atomic mass is 16.5. The molecule has 1 aromatic carbocycles. The lowest BCUT2D eigenvalue weighted by atomic mass is 10.3. The Morgan fingerprint density at radius 3 is 2.79 bits per heavy atom. The predicted octanol–water partition coefficient (Wildman–Crippen LogP) is 1.92. The molecule has 2 rings (SSSR count). The highest BCUT2D eigenvalue weighted by molar-refractivity contribution is 5.92. The minimum atomic E-state index is -0.200. The van der Waals surface area contributed by atoms with Gasteiger partial charge in [-0.1, -0.05) is 18.2 Å². The van der Waals surface area contributed by atoms with E-state index in [1.54, 1.807) is 6.07 Å². The van der Waals surface area contributed by atoms with Crippen LogP contribution in [0.15, 0.2) is 36.4 Å². The van der Waals surface area contributed by atoms with Crippen molar-refractivity contribution in [3.8, 4) is 5.75 Å². The van der Waals surface area contributed by atoms with Crippen molar-refractivity contribution in [3.63, 3.8) is 0 Å². The van der Waals surface area contributed by atoms with Gasteiger partial charge in [0.2, 0.25) is 0 Å². The Balaban J connectivity index is 1.81. The summed E-state index contributed by atoms with van der Waals surface area (Å²) >= 11 is 0. The number of aromatic amines is 1. The van der Waals surface area contributed by atoms with Gasteiger partial charge in [-0.2, -0.15) is 5.10 Å². The largest absolute Gasteiger partial charge is 0.491 e. The van der Waals surface area contributed by atoms with E-state index in [0.29, 0.717) is 12.3 Å². The zero-order chi connectivity index (χ0) is 13.7. The number of carbonyl (C=O) groups excluding carboxylic acids is 1. The summed E-state index contributed by atoms with van der Waals surface area (Å²) in [4.78, 5) is 11.8. The van der Waals surface area contributed by atoms with Gasteiger partial charge in [0.25, 0.3) is 5.91 Å². The molecule has 1 atom stereocenters. The summed E-state index contributed by atoms with van der Waals surface area (Å²) in [7, 11) is 0. The highest BCUT2D eigenvalue weighted by Gasteiger charge is 2.12. The molecular formula is C14H17N3O2. The van der Waals surface area contributed by atoms with Crippen LogP contribution in [-0.2, 0) is 0 Å². The van der Waals surface area contributed by atoms with Crippen LogP contribution in [0.1, 0.15) is 23.1 Å². The zero-order valence-electron chi connectivity index (χ0n) is 11.0. The summed E-state index contributed by atoms with van der Waals surface area (Å²) in [6.45, 7) is 4.16. The number of ether oxygens (including phenoxy) is 1. The standard InChI is InChI=1S/C14H17N3O2/c1-10-8-13(17-16-10)14(18)15-11(2)9-19-12-6-4-3-5-7-12/h3-8,11H,9H2,1-2H3,(H,15,18)(H,16,17). The lowest BCUT2D eigenvalue weighted by Gasteiger charge is -2.14. The molecule has 1 heterocycles. The molecule has 0 fully saturated rings. The summed E-state index contributed by atoms with van der Waals surface area (Å²) in [5.41, 5.74) is 1.25. The Labute approximate surface area is 112 Å². The van der Waals surface area contributed by atoms with Gasteiger partial charge < -0.3 is 10.1 Å². The summed E-state index contributed by atoms with van der Waals surface area (Å²) < 4.78 is 5.57. The minimum Gasteiger partial charge on any atom is -0.491 e. The van der Waals surface area contributed by atoms with E-state index in [2.05, 4.69) is 15.5 Å². The number of nitrogens with zero attached hydrogens (tertiary/aromatic N) is 1. The number of hydrogen-bond acceptors (Lipinski definition) is 3. The molecule has 100 valence electrons. The molecule has 0 saturated heterocycles. The van der Waals surface area contributed by atoms with E-state index in [1.807, 2.05) is 44.2 Å². The molecule has 1 unspecified atom stereocenters. The Hall–Kier alpha value is -2.30. The lowest BCUT2D eigenvalue weighted by molar-refractivity contribution is 0.0921. The second-order valence-electron chi connectivity index (χ2n) is 4.43. The molecule has 0 radical (unpaired) electrons. The van der Waals surface area contributed by atoms with Gasteiger partial charge in [-0.3, -0.25) is 9.89 Å². The van der Waals surface area contributed by atoms with Gasteiger partial charge in [-0.25, -0.2) is 0 Å². The third-order valence-electron chi connectivity index (χ3n) is 2.56. The number of carbonyl (C=O) groups is 1. The van der Waals surface area contributed by atoms with E-state index in [9.17, 15) is 4.79 Å². The fraction of sp³-hybridized carbons (Fsp3) is 0.286. The number of aromatic nitrogens is 2. The van der Waals surface area contributed by atoms with E-state index in [1.165, 1.54) is 0 Å². The number of nitrogens with one attached hydrogen (secondary N) is 2.